The number of carbonyl (C=O) groups is 2. The second-order valence-electron chi connectivity index (χ2n) is 5.35. The summed E-state index contributed by atoms with van der Waals surface area (Å²) in [6.07, 6.45) is 1.44. The maximum absolute atomic E-state index is 12.9. The third-order valence-electron chi connectivity index (χ3n) is 3.70. The molecule has 8 heteroatoms. The molecular weight excluding hydrogens is 467 g/mol. The Labute approximate surface area is 168 Å². The first-order valence-corrected chi connectivity index (χ1v) is 8.94. The van der Waals surface area contributed by atoms with E-state index in [-0.39, 0.29) is 22.2 Å². The Kier molecular flexibility index (Phi) is 5.23. The number of amides is 2. The summed E-state index contributed by atoms with van der Waals surface area (Å²) in [5.74, 6) is -0.842. The summed E-state index contributed by atoms with van der Waals surface area (Å²) in [7, 11) is 1.43. The molecule has 0 bridgehead atoms. The van der Waals surface area contributed by atoms with Crippen LogP contribution in [-0.4, -0.2) is 29.1 Å². The van der Waals surface area contributed by atoms with Crippen molar-refractivity contribution in [1.29, 1.82) is 0 Å². The van der Waals surface area contributed by atoms with Gasteiger partial charge < -0.3 is 9.84 Å². The molecule has 2 aromatic carbocycles. The number of hydrogen-bond donors (Lipinski definition) is 2. The van der Waals surface area contributed by atoms with Gasteiger partial charge in [0.15, 0.2) is 16.6 Å². The summed E-state index contributed by atoms with van der Waals surface area (Å²) in [5, 5.41) is 12.5. The fraction of sp³-hybridized carbons (Fsp3) is 0.0556. The molecule has 0 saturated carbocycles. The van der Waals surface area contributed by atoms with Crippen LogP contribution >= 0.6 is 34.8 Å². The van der Waals surface area contributed by atoms with Crippen LogP contribution in [0.1, 0.15) is 5.56 Å². The third-order valence-corrected chi connectivity index (χ3v) is 4.80. The van der Waals surface area contributed by atoms with Gasteiger partial charge in [-0.25, -0.2) is 0 Å². The van der Waals surface area contributed by atoms with Crippen molar-refractivity contribution in [2.45, 2.75) is 0 Å². The average molecular weight is 480 g/mol. The summed E-state index contributed by atoms with van der Waals surface area (Å²) < 4.78 is 5.65. The Bertz CT molecular complexity index is 944. The number of thiocarbonyl (C=S) groups is 1. The first-order valence-electron chi connectivity index (χ1n) is 7.45. The standard InChI is InChI=1S/C18H13IN2O4S/c1-25-14-9-10(8-13(19)15(14)22)7-12-16(23)20-18(26)21(17(12)24)11-5-3-2-4-6-11/h2-9,22H,1H3,(H,20,23,26)/b12-7-. The number of phenols is 1. The zero-order valence-corrected chi connectivity index (χ0v) is 16.5. The van der Waals surface area contributed by atoms with Crippen LogP contribution in [0, 0.1) is 3.57 Å². The zero-order valence-electron chi connectivity index (χ0n) is 13.5. The molecule has 0 radical (unpaired) electrons. The minimum absolute atomic E-state index is 0.00163. The highest BCUT2D eigenvalue weighted by atomic mass is 127. The fourth-order valence-electron chi connectivity index (χ4n) is 2.47. The van der Waals surface area contributed by atoms with Gasteiger partial charge in [-0.3, -0.25) is 19.8 Å². The van der Waals surface area contributed by atoms with Gasteiger partial charge in [0.2, 0.25) is 0 Å². The Morgan fingerprint density at radius 1 is 1.23 bits per heavy atom. The third kappa shape index (κ3) is 3.42. The molecule has 0 atom stereocenters. The van der Waals surface area contributed by atoms with Crippen LogP contribution in [0.2, 0.25) is 0 Å². The predicted octanol–water partition coefficient (Wildman–Crippen LogP) is 2.84. The summed E-state index contributed by atoms with van der Waals surface area (Å²) in [6.45, 7) is 0. The van der Waals surface area contributed by atoms with Gasteiger partial charge in [-0.15, -0.1) is 0 Å². The van der Waals surface area contributed by atoms with Gasteiger partial charge in [0, 0.05) is 0 Å². The number of phenolic OH excluding ortho intramolecular Hbond substituents is 1. The van der Waals surface area contributed by atoms with Crippen molar-refractivity contribution in [1.82, 2.24) is 5.32 Å². The molecule has 1 heterocycles. The normalized spacial score (nSPS) is 16.0. The molecule has 0 aromatic heterocycles. The van der Waals surface area contributed by atoms with Crippen LogP contribution in [0.15, 0.2) is 48.0 Å². The van der Waals surface area contributed by atoms with E-state index in [2.05, 4.69) is 5.32 Å². The smallest absolute Gasteiger partial charge is 0.270 e. The van der Waals surface area contributed by atoms with Crippen LogP contribution in [0.5, 0.6) is 11.5 Å². The minimum Gasteiger partial charge on any atom is -0.504 e. The van der Waals surface area contributed by atoms with Crippen LogP contribution in [0.4, 0.5) is 5.69 Å². The molecule has 2 amide bonds. The molecule has 3 rings (SSSR count). The van der Waals surface area contributed by atoms with Crippen molar-refractivity contribution in [3.8, 4) is 11.5 Å². The highest BCUT2D eigenvalue weighted by Crippen LogP contribution is 2.33. The first-order chi connectivity index (χ1) is 12.4. The molecule has 0 spiro atoms. The molecule has 1 fully saturated rings. The number of nitrogens with one attached hydrogen (secondary N) is 1. The molecule has 0 unspecified atom stereocenters. The van der Waals surface area contributed by atoms with Gasteiger partial charge in [-0.2, -0.15) is 0 Å². The van der Waals surface area contributed by atoms with E-state index in [1.807, 2.05) is 28.7 Å². The van der Waals surface area contributed by atoms with Crippen LogP contribution in [-0.2, 0) is 9.59 Å². The number of rotatable bonds is 3. The molecule has 1 saturated heterocycles. The van der Waals surface area contributed by atoms with Crippen LogP contribution in [0.3, 0.4) is 0 Å². The van der Waals surface area contributed by atoms with E-state index in [1.165, 1.54) is 18.1 Å². The van der Waals surface area contributed by atoms with E-state index in [9.17, 15) is 14.7 Å². The molecule has 2 aromatic rings. The van der Waals surface area contributed by atoms with Gasteiger partial charge in [-0.1, -0.05) is 18.2 Å². The topological polar surface area (TPSA) is 78.9 Å². The summed E-state index contributed by atoms with van der Waals surface area (Å²) in [6, 6.07) is 12.0. The number of benzene rings is 2. The highest BCUT2D eigenvalue weighted by molar-refractivity contribution is 14.1. The molecule has 0 aliphatic carbocycles. The van der Waals surface area contributed by atoms with E-state index < -0.39 is 11.8 Å². The number of para-hydroxylation sites is 1. The van der Waals surface area contributed by atoms with Gasteiger partial charge in [0.1, 0.15) is 5.57 Å². The highest BCUT2D eigenvalue weighted by Gasteiger charge is 2.34. The minimum atomic E-state index is -0.575. The lowest BCUT2D eigenvalue weighted by molar-refractivity contribution is -0.122. The van der Waals surface area contributed by atoms with E-state index in [0.717, 1.165) is 0 Å². The number of carbonyl (C=O) groups excluding carboxylic acids is 2. The average Bonchev–Trinajstić information content (AvgIpc) is 2.62. The van der Waals surface area contributed by atoms with E-state index >= 15 is 0 Å². The number of hydrogen-bond acceptors (Lipinski definition) is 5. The summed E-state index contributed by atoms with van der Waals surface area (Å²) >= 11 is 7.09. The monoisotopic (exact) mass is 480 g/mol. The largest absolute Gasteiger partial charge is 0.504 e. The van der Waals surface area contributed by atoms with E-state index in [4.69, 9.17) is 17.0 Å². The lowest BCUT2D eigenvalue weighted by atomic mass is 10.1. The fourth-order valence-corrected chi connectivity index (χ4v) is 3.37. The van der Waals surface area contributed by atoms with Crippen LogP contribution in [0.25, 0.3) is 6.08 Å². The number of ether oxygens (including phenoxy) is 1. The Morgan fingerprint density at radius 2 is 1.92 bits per heavy atom. The lowest BCUT2D eigenvalue weighted by Crippen LogP contribution is -2.54. The van der Waals surface area contributed by atoms with Crippen molar-refractivity contribution in [3.05, 3.63) is 57.2 Å². The van der Waals surface area contributed by atoms with E-state index in [1.54, 1.807) is 36.4 Å². The Hall–Kier alpha value is -2.46. The SMILES string of the molecule is COc1cc(/C=C2/C(=O)NC(=S)N(c3ccccc3)C2=O)cc(I)c1O. The number of anilines is 1. The molecule has 132 valence electrons. The van der Waals surface area contributed by atoms with Gasteiger partial charge in [0.05, 0.1) is 16.4 Å². The van der Waals surface area contributed by atoms with Gasteiger partial charge in [-0.05, 0) is 70.7 Å². The maximum Gasteiger partial charge on any atom is 0.270 e. The second kappa shape index (κ2) is 7.42. The second-order valence-corrected chi connectivity index (χ2v) is 6.90. The number of aromatic hydroxyl groups is 1. The first kappa shape index (κ1) is 18.3. The van der Waals surface area contributed by atoms with Crippen molar-refractivity contribution in [3.63, 3.8) is 0 Å². The molecule has 2 N–H and O–H groups in total. The number of halogens is 1. The molecule has 1 aliphatic rings. The van der Waals surface area contributed by atoms with Crippen molar-refractivity contribution in [2.24, 2.45) is 0 Å². The van der Waals surface area contributed by atoms with E-state index in [0.29, 0.717) is 14.8 Å². The van der Waals surface area contributed by atoms with Crippen molar-refractivity contribution >= 4 is 63.5 Å². The molecule has 26 heavy (non-hydrogen) atoms. The molecular formula is C18H13IN2O4S. The zero-order chi connectivity index (χ0) is 18.8. The van der Waals surface area contributed by atoms with Crippen molar-refractivity contribution < 1.29 is 19.4 Å². The number of methoxy groups -OCH3 is 1. The summed E-state index contributed by atoms with van der Waals surface area (Å²) in [5.41, 5.74) is 1.04. The molecule has 1 aliphatic heterocycles. The maximum atomic E-state index is 12.9. The van der Waals surface area contributed by atoms with Crippen molar-refractivity contribution in [2.75, 3.05) is 12.0 Å². The quantitative estimate of drug-likeness (QED) is 0.306. The Morgan fingerprint density at radius 3 is 2.58 bits per heavy atom. The lowest BCUT2D eigenvalue weighted by Gasteiger charge is -2.28. The number of nitrogens with zero attached hydrogens (tertiary/aromatic N) is 1. The molecule has 6 nitrogen and oxygen atoms in total. The van der Waals surface area contributed by atoms with Crippen LogP contribution < -0.4 is 15.0 Å². The Balaban J connectivity index is 2.05. The predicted molar refractivity (Wildman–Crippen MR) is 110 cm³/mol. The summed E-state index contributed by atoms with van der Waals surface area (Å²) in [4.78, 5) is 26.5. The van der Waals surface area contributed by atoms with Gasteiger partial charge in [0.25, 0.3) is 11.8 Å². The van der Waals surface area contributed by atoms with Gasteiger partial charge >= 0.3 is 0 Å².